The lowest BCUT2D eigenvalue weighted by Crippen LogP contribution is -2.25. The molecule has 2 rings (SSSR count). The highest BCUT2D eigenvalue weighted by atomic mass is 15.1. The topological polar surface area (TPSA) is 65.9 Å². The summed E-state index contributed by atoms with van der Waals surface area (Å²) in [4.78, 5) is 6.49. The third-order valence-electron chi connectivity index (χ3n) is 3.27. The average Bonchev–Trinajstić information content (AvgIpc) is 2.54. The number of nitrogens with zero attached hydrogens (tertiary/aromatic N) is 3. The standard InChI is InChI=1S/C17H20N4/c18-7-3-9-21(14-17-6-2-8-20-12-17)13-16-5-1-4-15(10-16)11-19/h1-2,4-6,8,10,12H,3,7,9,13-14,18H2. The van der Waals surface area contributed by atoms with Gasteiger partial charge in [0.05, 0.1) is 11.6 Å². The van der Waals surface area contributed by atoms with Gasteiger partial charge in [-0.05, 0) is 42.3 Å². The highest BCUT2D eigenvalue weighted by molar-refractivity contribution is 5.32. The molecule has 108 valence electrons. The Morgan fingerprint density at radius 2 is 1.95 bits per heavy atom. The molecule has 0 bridgehead atoms. The average molecular weight is 280 g/mol. The minimum Gasteiger partial charge on any atom is -0.330 e. The minimum absolute atomic E-state index is 0.682. The van der Waals surface area contributed by atoms with Crippen molar-refractivity contribution >= 4 is 0 Å². The second-order valence-corrected chi connectivity index (χ2v) is 5.03. The van der Waals surface area contributed by atoms with Gasteiger partial charge in [-0.3, -0.25) is 9.88 Å². The molecule has 0 atom stereocenters. The van der Waals surface area contributed by atoms with Crippen molar-refractivity contribution in [2.45, 2.75) is 19.5 Å². The summed E-state index contributed by atoms with van der Waals surface area (Å²) < 4.78 is 0. The van der Waals surface area contributed by atoms with Crippen molar-refractivity contribution in [3.05, 3.63) is 65.5 Å². The summed E-state index contributed by atoms with van der Waals surface area (Å²) in [6.07, 6.45) is 4.63. The SMILES string of the molecule is N#Cc1cccc(CN(CCCN)Cc2cccnc2)c1. The van der Waals surface area contributed by atoms with Gasteiger partial charge in [-0.2, -0.15) is 5.26 Å². The van der Waals surface area contributed by atoms with E-state index in [0.717, 1.165) is 31.6 Å². The molecule has 1 aromatic heterocycles. The summed E-state index contributed by atoms with van der Waals surface area (Å²) in [5.41, 5.74) is 8.66. The molecule has 0 amide bonds. The van der Waals surface area contributed by atoms with Gasteiger partial charge >= 0.3 is 0 Å². The summed E-state index contributed by atoms with van der Waals surface area (Å²) >= 11 is 0. The van der Waals surface area contributed by atoms with Crippen LogP contribution in [-0.2, 0) is 13.1 Å². The molecule has 1 heterocycles. The summed E-state index contributed by atoms with van der Waals surface area (Å²) in [6.45, 7) is 3.26. The molecule has 2 aromatic rings. The van der Waals surface area contributed by atoms with E-state index in [1.807, 2.05) is 30.5 Å². The molecular formula is C17H20N4. The number of pyridine rings is 1. The summed E-state index contributed by atoms with van der Waals surface area (Å²) in [5.74, 6) is 0. The Labute approximate surface area is 125 Å². The zero-order valence-electron chi connectivity index (χ0n) is 12.1. The van der Waals surface area contributed by atoms with Crippen LogP contribution >= 0.6 is 0 Å². The van der Waals surface area contributed by atoms with Crippen LogP contribution in [0.3, 0.4) is 0 Å². The van der Waals surface area contributed by atoms with E-state index in [0.29, 0.717) is 12.1 Å². The number of hydrogen-bond donors (Lipinski definition) is 1. The molecule has 0 aliphatic carbocycles. The van der Waals surface area contributed by atoms with Gasteiger partial charge in [0.25, 0.3) is 0 Å². The molecule has 2 N–H and O–H groups in total. The van der Waals surface area contributed by atoms with Gasteiger partial charge in [-0.25, -0.2) is 0 Å². The van der Waals surface area contributed by atoms with Crippen LogP contribution < -0.4 is 5.73 Å². The number of aromatic nitrogens is 1. The third kappa shape index (κ3) is 4.99. The van der Waals surface area contributed by atoms with Gasteiger partial charge in [-0.1, -0.05) is 18.2 Å². The molecule has 0 radical (unpaired) electrons. The molecule has 0 fully saturated rings. The van der Waals surface area contributed by atoms with Crippen LogP contribution in [0.25, 0.3) is 0 Å². The summed E-state index contributed by atoms with van der Waals surface area (Å²) in [5, 5.41) is 8.98. The number of nitriles is 1. The van der Waals surface area contributed by atoms with E-state index in [1.165, 1.54) is 5.56 Å². The maximum atomic E-state index is 8.98. The molecule has 0 aliphatic heterocycles. The number of rotatable bonds is 7. The van der Waals surface area contributed by atoms with Crippen molar-refractivity contribution in [2.24, 2.45) is 5.73 Å². The van der Waals surface area contributed by atoms with Crippen LogP contribution in [0.15, 0.2) is 48.8 Å². The molecule has 4 nitrogen and oxygen atoms in total. The van der Waals surface area contributed by atoms with E-state index >= 15 is 0 Å². The van der Waals surface area contributed by atoms with Gasteiger partial charge < -0.3 is 5.73 Å². The van der Waals surface area contributed by atoms with Crippen LogP contribution in [0.2, 0.25) is 0 Å². The first kappa shape index (κ1) is 15.2. The Hall–Kier alpha value is -2.22. The fourth-order valence-corrected chi connectivity index (χ4v) is 2.28. The van der Waals surface area contributed by atoms with Crippen molar-refractivity contribution in [3.8, 4) is 6.07 Å². The lowest BCUT2D eigenvalue weighted by Gasteiger charge is -2.22. The zero-order valence-corrected chi connectivity index (χ0v) is 12.1. The Balaban J connectivity index is 2.06. The predicted octanol–water partition coefficient (Wildman–Crippen LogP) is 2.30. The molecular weight excluding hydrogens is 260 g/mol. The first-order valence-corrected chi connectivity index (χ1v) is 7.12. The fraction of sp³-hybridized carbons (Fsp3) is 0.294. The fourth-order valence-electron chi connectivity index (χ4n) is 2.28. The van der Waals surface area contributed by atoms with E-state index in [1.54, 1.807) is 6.20 Å². The highest BCUT2D eigenvalue weighted by Crippen LogP contribution is 2.11. The van der Waals surface area contributed by atoms with Gasteiger partial charge in [0, 0.05) is 32.0 Å². The summed E-state index contributed by atoms with van der Waals surface area (Å²) in [7, 11) is 0. The zero-order chi connectivity index (χ0) is 14.9. The Morgan fingerprint density at radius 1 is 1.14 bits per heavy atom. The molecule has 0 aliphatic rings. The highest BCUT2D eigenvalue weighted by Gasteiger charge is 2.07. The van der Waals surface area contributed by atoms with E-state index < -0.39 is 0 Å². The first-order chi connectivity index (χ1) is 10.3. The monoisotopic (exact) mass is 280 g/mol. The van der Waals surface area contributed by atoms with Gasteiger partial charge in [-0.15, -0.1) is 0 Å². The summed E-state index contributed by atoms with van der Waals surface area (Å²) in [6, 6.07) is 14.0. The van der Waals surface area contributed by atoms with Crippen LogP contribution in [0, 0.1) is 11.3 Å². The van der Waals surface area contributed by atoms with Crippen LogP contribution in [0.4, 0.5) is 0 Å². The van der Waals surface area contributed by atoms with Gasteiger partial charge in [0.1, 0.15) is 0 Å². The third-order valence-corrected chi connectivity index (χ3v) is 3.27. The van der Waals surface area contributed by atoms with Gasteiger partial charge in [0.15, 0.2) is 0 Å². The maximum absolute atomic E-state index is 8.98. The lowest BCUT2D eigenvalue weighted by atomic mass is 10.1. The molecule has 0 saturated carbocycles. The van der Waals surface area contributed by atoms with E-state index in [4.69, 9.17) is 11.0 Å². The van der Waals surface area contributed by atoms with Crippen LogP contribution in [0.5, 0.6) is 0 Å². The number of hydrogen-bond acceptors (Lipinski definition) is 4. The maximum Gasteiger partial charge on any atom is 0.0991 e. The van der Waals surface area contributed by atoms with Crippen LogP contribution in [0.1, 0.15) is 23.1 Å². The number of nitrogens with two attached hydrogens (primary N) is 1. The quantitative estimate of drug-likeness (QED) is 0.845. The Kier molecular flexibility index (Phi) is 5.89. The first-order valence-electron chi connectivity index (χ1n) is 7.12. The van der Waals surface area contributed by atoms with Crippen molar-refractivity contribution in [3.63, 3.8) is 0 Å². The van der Waals surface area contributed by atoms with Gasteiger partial charge in [0.2, 0.25) is 0 Å². The molecule has 4 heteroatoms. The molecule has 0 spiro atoms. The molecule has 0 saturated heterocycles. The predicted molar refractivity (Wildman–Crippen MR) is 83.2 cm³/mol. The largest absolute Gasteiger partial charge is 0.330 e. The Bertz CT molecular complexity index is 589. The lowest BCUT2D eigenvalue weighted by molar-refractivity contribution is 0.254. The van der Waals surface area contributed by atoms with Crippen LogP contribution in [-0.4, -0.2) is 23.0 Å². The molecule has 1 aromatic carbocycles. The van der Waals surface area contributed by atoms with Crippen molar-refractivity contribution in [1.29, 1.82) is 5.26 Å². The normalized spacial score (nSPS) is 10.5. The molecule has 21 heavy (non-hydrogen) atoms. The van der Waals surface area contributed by atoms with E-state index in [2.05, 4.69) is 28.1 Å². The van der Waals surface area contributed by atoms with Crippen molar-refractivity contribution < 1.29 is 0 Å². The number of benzene rings is 1. The van der Waals surface area contributed by atoms with E-state index in [9.17, 15) is 0 Å². The second-order valence-electron chi connectivity index (χ2n) is 5.03. The molecule has 0 unspecified atom stereocenters. The minimum atomic E-state index is 0.682. The van der Waals surface area contributed by atoms with Crippen molar-refractivity contribution in [1.82, 2.24) is 9.88 Å². The second kappa shape index (κ2) is 8.15. The van der Waals surface area contributed by atoms with E-state index in [-0.39, 0.29) is 0 Å². The van der Waals surface area contributed by atoms with Crippen molar-refractivity contribution in [2.75, 3.05) is 13.1 Å². The Morgan fingerprint density at radius 3 is 2.67 bits per heavy atom. The smallest absolute Gasteiger partial charge is 0.0991 e.